The van der Waals surface area contributed by atoms with Crippen LogP contribution in [0.4, 0.5) is 26.0 Å². The number of methoxy groups -OCH3 is 1. The summed E-state index contributed by atoms with van der Waals surface area (Å²) in [5.41, 5.74) is 0.943. The van der Waals surface area contributed by atoms with E-state index in [0.717, 1.165) is 31.7 Å². The van der Waals surface area contributed by atoms with Gasteiger partial charge in [-0.05, 0) is 43.9 Å². The second-order valence-electron chi connectivity index (χ2n) is 9.75. The molecule has 0 spiro atoms. The minimum Gasteiger partial charge on any atom is -0.493 e. The molecule has 5 rings (SSSR count). The standard InChI is InChI=1S/C28H31F2N7O4/c1-40-24-11-20-23(12-25(24)41-10-9-31-17-5-7-19(38)8-6-17)32-16-33-28(20)35-18-13-34-37(14-18)15-26(39)36-22-4-2-3-21(29)27(22)30/h2-4,11-14,16-17,19,31,38H,5-10,15H2,1H3,(H,36,39)(H,32,33,35)/t17-,19-. The molecule has 0 saturated heterocycles. The van der Waals surface area contributed by atoms with Crippen LogP contribution in [0, 0.1) is 11.6 Å². The number of hydrogen-bond acceptors (Lipinski definition) is 9. The molecule has 0 bridgehead atoms. The summed E-state index contributed by atoms with van der Waals surface area (Å²) in [4.78, 5) is 21.0. The van der Waals surface area contributed by atoms with Crippen LogP contribution < -0.4 is 25.4 Å². The van der Waals surface area contributed by atoms with E-state index in [4.69, 9.17) is 9.47 Å². The molecule has 0 unspecified atom stereocenters. The number of nitrogens with one attached hydrogen (secondary N) is 3. The number of anilines is 3. The minimum absolute atomic E-state index is 0.185. The lowest BCUT2D eigenvalue weighted by Crippen LogP contribution is -2.36. The maximum atomic E-state index is 13.9. The number of hydrogen-bond donors (Lipinski definition) is 4. The number of benzene rings is 2. The van der Waals surface area contributed by atoms with Gasteiger partial charge in [-0.15, -0.1) is 0 Å². The predicted octanol–water partition coefficient (Wildman–Crippen LogP) is 3.77. The molecule has 4 aromatic rings. The summed E-state index contributed by atoms with van der Waals surface area (Å²) >= 11 is 0. The summed E-state index contributed by atoms with van der Waals surface area (Å²) in [6.07, 6.45) is 7.88. The first-order valence-electron chi connectivity index (χ1n) is 13.3. The van der Waals surface area contributed by atoms with Crippen LogP contribution in [0.25, 0.3) is 10.9 Å². The van der Waals surface area contributed by atoms with Gasteiger partial charge in [0.1, 0.15) is 25.3 Å². The maximum Gasteiger partial charge on any atom is 0.246 e. The molecule has 0 atom stereocenters. The average molecular weight is 568 g/mol. The fraction of sp³-hybridized carbons (Fsp3) is 0.357. The highest BCUT2D eigenvalue weighted by Gasteiger charge is 2.19. The number of aliphatic hydroxyl groups is 1. The SMILES string of the molecule is COc1cc2c(Nc3cnn(CC(=O)Nc4cccc(F)c4F)c3)ncnc2cc1OCCN[C@H]1CC[C@H](O)CC1. The van der Waals surface area contributed by atoms with E-state index in [1.54, 1.807) is 25.4 Å². The van der Waals surface area contributed by atoms with E-state index in [0.29, 0.717) is 53.1 Å². The fourth-order valence-electron chi connectivity index (χ4n) is 4.73. The van der Waals surface area contributed by atoms with Gasteiger partial charge < -0.3 is 30.5 Å². The number of aromatic nitrogens is 4. The Kier molecular flexibility index (Phi) is 8.85. The Labute approximate surface area is 234 Å². The monoisotopic (exact) mass is 567 g/mol. The van der Waals surface area contributed by atoms with Crippen LogP contribution in [-0.4, -0.2) is 63.2 Å². The van der Waals surface area contributed by atoms with Crippen molar-refractivity contribution in [2.45, 2.75) is 44.4 Å². The molecule has 2 aromatic heterocycles. The Hall–Kier alpha value is -4.36. The highest BCUT2D eigenvalue weighted by atomic mass is 19.2. The van der Waals surface area contributed by atoms with Gasteiger partial charge in [-0.3, -0.25) is 9.48 Å². The lowest BCUT2D eigenvalue weighted by Gasteiger charge is -2.26. The molecule has 11 nitrogen and oxygen atoms in total. The van der Waals surface area contributed by atoms with Gasteiger partial charge in [-0.25, -0.2) is 18.7 Å². The zero-order valence-corrected chi connectivity index (χ0v) is 22.4. The van der Waals surface area contributed by atoms with Crippen LogP contribution in [0.15, 0.2) is 49.1 Å². The lowest BCUT2D eigenvalue weighted by atomic mass is 9.93. The molecule has 1 saturated carbocycles. The predicted molar refractivity (Wildman–Crippen MR) is 148 cm³/mol. The van der Waals surface area contributed by atoms with E-state index in [9.17, 15) is 18.7 Å². The van der Waals surface area contributed by atoms with Crippen molar-refractivity contribution < 1.29 is 28.2 Å². The number of fused-ring (bicyclic) bond motifs is 1. The molecular formula is C28H31F2N7O4. The Morgan fingerprint density at radius 3 is 2.78 bits per heavy atom. The first kappa shape index (κ1) is 28.2. The molecule has 0 radical (unpaired) electrons. The maximum absolute atomic E-state index is 13.9. The van der Waals surface area contributed by atoms with E-state index in [1.807, 2.05) is 0 Å². The Morgan fingerprint density at radius 1 is 1.15 bits per heavy atom. The zero-order chi connectivity index (χ0) is 28.8. The van der Waals surface area contributed by atoms with Gasteiger partial charge in [0.05, 0.1) is 36.3 Å². The van der Waals surface area contributed by atoms with E-state index in [1.165, 1.54) is 29.3 Å². The first-order chi connectivity index (χ1) is 19.9. The smallest absolute Gasteiger partial charge is 0.246 e. The van der Waals surface area contributed by atoms with Gasteiger partial charge in [0.25, 0.3) is 0 Å². The number of carbonyl (C=O) groups excluding carboxylic acids is 1. The molecule has 1 fully saturated rings. The normalized spacial score (nSPS) is 16.9. The Bertz CT molecular complexity index is 1510. The van der Waals surface area contributed by atoms with Crippen LogP contribution in [0.3, 0.4) is 0 Å². The van der Waals surface area contributed by atoms with E-state index >= 15 is 0 Å². The van der Waals surface area contributed by atoms with E-state index in [2.05, 4.69) is 31.0 Å². The van der Waals surface area contributed by atoms with Crippen LogP contribution in [0.2, 0.25) is 0 Å². The highest BCUT2D eigenvalue weighted by molar-refractivity contribution is 5.93. The third-order valence-electron chi connectivity index (χ3n) is 6.84. The molecule has 4 N–H and O–H groups in total. The van der Waals surface area contributed by atoms with Gasteiger partial charge in [0, 0.05) is 30.2 Å². The van der Waals surface area contributed by atoms with Crippen molar-refractivity contribution in [3.8, 4) is 11.5 Å². The van der Waals surface area contributed by atoms with Gasteiger partial charge in [0.2, 0.25) is 5.91 Å². The molecule has 216 valence electrons. The molecule has 1 amide bonds. The number of rotatable bonds is 11. The molecular weight excluding hydrogens is 536 g/mol. The van der Waals surface area contributed by atoms with Crippen molar-refractivity contribution in [1.29, 1.82) is 0 Å². The number of ether oxygens (including phenoxy) is 2. The molecule has 2 heterocycles. The van der Waals surface area contributed by atoms with Crippen molar-refractivity contribution in [2.75, 3.05) is 30.9 Å². The lowest BCUT2D eigenvalue weighted by molar-refractivity contribution is -0.116. The number of carbonyl (C=O) groups is 1. The molecule has 1 aliphatic carbocycles. The second-order valence-corrected chi connectivity index (χ2v) is 9.75. The number of aliphatic hydroxyl groups excluding tert-OH is 1. The summed E-state index contributed by atoms with van der Waals surface area (Å²) < 4.78 is 40.2. The van der Waals surface area contributed by atoms with Crippen LogP contribution >= 0.6 is 0 Å². The van der Waals surface area contributed by atoms with E-state index < -0.39 is 17.5 Å². The fourth-order valence-corrected chi connectivity index (χ4v) is 4.73. The van der Waals surface area contributed by atoms with Crippen molar-refractivity contribution in [2.24, 2.45) is 0 Å². The molecule has 1 aliphatic rings. The number of halogens is 2. The van der Waals surface area contributed by atoms with Crippen LogP contribution in [0.1, 0.15) is 25.7 Å². The summed E-state index contributed by atoms with van der Waals surface area (Å²) in [6.45, 7) is 0.891. The van der Waals surface area contributed by atoms with Crippen molar-refractivity contribution in [3.63, 3.8) is 0 Å². The summed E-state index contributed by atoms with van der Waals surface area (Å²) in [7, 11) is 1.56. The van der Waals surface area contributed by atoms with Gasteiger partial charge >= 0.3 is 0 Å². The second kappa shape index (κ2) is 12.9. The first-order valence-corrected chi connectivity index (χ1v) is 13.3. The Balaban J connectivity index is 1.21. The Morgan fingerprint density at radius 2 is 1.98 bits per heavy atom. The van der Waals surface area contributed by atoms with Gasteiger partial charge in [-0.1, -0.05) is 6.07 Å². The number of amides is 1. The van der Waals surface area contributed by atoms with Crippen molar-refractivity contribution >= 4 is 34.0 Å². The third-order valence-corrected chi connectivity index (χ3v) is 6.84. The third kappa shape index (κ3) is 7.05. The molecule has 2 aromatic carbocycles. The zero-order valence-electron chi connectivity index (χ0n) is 22.4. The summed E-state index contributed by atoms with van der Waals surface area (Å²) in [5.74, 6) is -1.17. The minimum atomic E-state index is -1.12. The van der Waals surface area contributed by atoms with Crippen LogP contribution in [-0.2, 0) is 11.3 Å². The molecule has 41 heavy (non-hydrogen) atoms. The quantitative estimate of drug-likeness (QED) is 0.200. The topological polar surface area (TPSA) is 135 Å². The van der Waals surface area contributed by atoms with Crippen LogP contribution in [0.5, 0.6) is 11.5 Å². The number of nitrogens with zero attached hydrogens (tertiary/aromatic N) is 4. The average Bonchev–Trinajstić information content (AvgIpc) is 3.40. The van der Waals surface area contributed by atoms with Gasteiger partial charge in [-0.2, -0.15) is 5.10 Å². The summed E-state index contributed by atoms with van der Waals surface area (Å²) in [5, 5.41) is 23.5. The summed E-state index contributed by atoms with van der Waals surface area (Å²) in [6, 6.07) is 7.52. The largest absolute Gasteiger partial charge is 0.493 e. The van der Waals surface area contributed by atoms with Crippen molar-refractivity contribution in [1.82, 2.24) is 25.1 Å². The van der Waals surface area contributed by atoms with E-state index in [-0.39, 0.29) is 18.3 Å². The molecule has 0 aliphatic heterocycles. The molecule has 13 heteroatoms. The van der Waals surface area contributed by atoms with Crippen molar-refractivity contribution in [3.05, 3.63) is 60.7 Å². The van der Waals surface area contributed by atoms with Gasteiger partial charge in [0.15, 0.2) is 23.1 Å². The highest BCUT2D eigenvalue weighted by Crippen LogP contribution is 2.34.